The maximum Gasteiger partial charge on any atom is 0.347 e. The molecule has 0 saturated heterocycles. The summed E-state index contributed by atoms with van der Waals surface area (Å²) in [5, 5.41) is 15.0. The Balaban J connectivity index is 1.76. The van der Waals surface area contributed by atoms with Crippen LogP contribution in [0.25, 0.3) is 21.7 Å². The van der Waals surface area contributed by atoms with Gasteiger partial charge in [0, 0.05) is 17.0 Å². The maximum absolute atomic E-state index is 12.5. The highest BCUT2D eigenvalue weighted by atomic mass is 16.4. The minimum Gasteiger partial charge on any atom is -0.422 e. The third kappa shape index (κ3) is 3.05. The molecule has 0 unspecified atom stereocenters. The summed E-state index contributed by atoms with van der Waals surface area (Å²) in [5.74, 6) is 0.428. The van der Waals surface area contributed by atoms with E-state index in [1.807, 2.05) is 54.6 Å². The van der Waals surface area contributed by atoms with E-state index in [9.17, 15) is 9.90 Å². The van der Waals surface area contributed by atoms with Crippen molar-refractivity contribution in [2.45, 2.75) is 12.5 Å². The van der Waals surface area contributed by atoms with E-state index in [0.29, 0.717) is 23.2 Å². The van der Waals surface area contributed by atoms with Gasteiger partial charge in [-0.1, -0.05) is 48.5 Å². The quantitative estimate of drug-likeness (QED) is 0.428. The summed E-state index contributed by atoms with van der Waals surface area (Å²) in [6, 6.07) is 18.8. The van der Waals surface area contributed by atoms with Crippen molar-refractivity contribution >= 4 is 27.6 Å². The number of hydrogen-bond donors (Lipinski definition) is 2. The molecule has 5 nitrogen and oxygen atoms in total. The van der Waals surface area contributed by atoms with Crippen LogP contribution in [0.1, 0.15) is 5.56 Å². The molecule has 2 aromatic carbocycles. The predicted octanol–water partition coefficient (Wildman–Crippen LogP) is 3.36. The van der Waals surface area contributed by atoms with Gasteiger partial charge < -0.3 is 14.8 Å². The number of fused-ring (bicyclic) bond motifs is 3. The third-order valence-corrected chi connectivity index (χ3v) is 4.42. The first-order valence-electron chi connectivity index (χ1n) is 8.48. The van der Waals surface area contributed by atoms with Crippen LogP contribution in [0.4, 0.5) is 5.82 Å². The van der Waals surface area contributed by atoms with Crippen LogP contribution >= 0.6 is 0 Å². The molecule has 0 fully saturated rings. The van der Waals surface area contributed by atoms with Crippen LogP contribution in [0, 0.1) is 0 Å². The van der Waals surface area contributed by atoms with E-state index in [1.165, 1.54) is 0 Å². The van der Waals surface area contributed by atoms with Crippen molar-refractivity contribution < 1.29 is 9.52 Å². The maximum atomic E-state index is 12.5. The first kappa shape index (κ1) is 16.3. The molecular weight excluding hydrogens is 328 g/mol. The molecule has 26 heavy (non-hydrogen) atoms. The number of anilines is 1. The zero-order valence-electron chi connectivity index (χ0n) is 14.1. The minimum absolute atomic E-state index is 0.0775. The number of aliphatic hydroxyl groups excluding tert-OH is 1. The molecule has 0 spiro atoms. The van der Waals surface area contributed by atoms with Gasteiger partial charge in [-0.2, -0.15) is 0 Å². The van der Waals surface area contributed by atoms with Crippen LogP contribution in [0.5, 0.6) is 0 Å². The van der Waals surface area contributed by atoms with Crippen LogP contribution < -0.4 is 10.9 Å². The van der Waals surface area contributed by atoms with Gasteiger partial charge in [-0.15, -0.1) is 0 Å². The summed E-state index contributed by atoms with van der Waals surface area (Å²) >= 11 is 0. The lowest BCUT2D eigenvalue weighted by Crippen LogP contribution is -2.27. The molecule has 0 amide bonds. The molecule has 4 rings (SSSR count). The van der Waals surface area contributed by atoms with Crippen molar-refractivity contribution in [3.63, 3.8) is 0 Å². The summed E-state index contributed by atoms with van der Waals surface area (Å²) in [5.41, 5.74) is 1.20. The zero-order chi connectivity index (χ0) is 17.9. The molecule has 4 aromatic rings. The van der Waals surface area contributed by atoms with Crippen LogP contribution in [0.15, 0.2) is 76.1 Å². The largest absolute Gasteiger partial charge is 0.422 e. The summed E-state index contributed by atoms with van der Waals surface area (Å²) < 4.78 is 5.45. The Morgan fingerprint density at radius 1 is 1.00 bits per heavy atom. The second-order valence-corrected chi connectivity index (χ2v) is 6.18. The number of rotatable bonds is 5. The summed E-state index contributed by atoms with van der Waals surface area (Å²) in [6.07, 6.45) is 2.28. The molecule has 2 heterocycles. The van der Waals surface area contributed by atoms with E-state index in [4.69, 9.17) is 4.42 Å². The van der Waals surface area contributed by atoms with Gasteiger partial charge in [-0.3, -0.25) is 0 Å². The number of aliphatic hydroxyl groups is 1. The Hall–Kier alpha value is -3.18. The van der Waals surface area contributed by atoms with Crippen molar-refractivity contribution in [3.8, 4) is 0 Å². The normalized spacial score (nSPS) is 12.3. The Kier molecular flexibility index (Phi) is 4.37. The van der Waals surface area contributed by atoms with Crippen molar-refractivity contribution in [1.82, 2.24) is 4.98 Å². The molecule has 2 N–H and O–H groups in total. The smallest absolute Gasteiger partial charge is 0.347 e. The van der Waals surface area contributed by atoms with E-state index in [2.05, 4.69) is 10.3 Å². The molecule has 1 atom stereocenters. The van der Waals surface area contributed by atoms with E-state index in [1.54, 1.807) is 12.3 Å². The predicted molar refractivity (Wildman–Crippen MR) is 102 cm³/mol. The van der Waals surface area contributed by atoms with Crippen LogP contribution in [0.3, 0.4) is 0 Å². The van der Waals surface area contributed by atoms with Gasteiger partial charge >= 0.3 is 5.63 Å². The number of hydrogen-bond acceptors (Lipinski definition) is 5. The van der Waals surface area contributed by atoms with E-state index < -0.39 is 5.63 Å². The Morgan fingerprint density at radius 3 is 2.58 bits per heavy atom. The van der Waals surface area contributed by atoms with Crippen LogP contribution in [-0.2, 0) is 6.42 Å². The molecule has 0 aliphatic carbocycles. The van der Waals surface area contributed by atoms with Crippen molar-refractivity contribution in [3.05, 3.63) is 82.8 Å². The van der Waals surface area contributed by atoms with Gasteiger partial charge in [0.25, 0.3) is 0 Å². The molecule has 0 aliphatic heterocycles. The first-order chi connectivity index (χ1) is 12.8. The van der Waals surface area contributed by atoms with E-state index in [0.717, 1.165) is 16.3 Å². The average Bonchev–Trinajstić information content (AvgIpc) is 2.68. The van der Waals surface area contributed by atoms with Crippen molar-refractivity contribution in [2.24, 2.45) is 0 Å². The number of para-hydroxylation sites is 1. The van der Waals surface area contributed by atoms with Gasteiger partial charge in [0.05, 0.1) is 12.6 Å². The molecule has 0 aliphatic rings. The van der Waals surface area contributed by atoms with E-state index in [-0.39, 0.29) is 12.6 Å². The Labute approximate surface area is 149 Å². The highest BCUT2D eigenvalue weighted by molar-refractivity contribution is 6.07. The summed E-state index contributed by atoms with van der Waals surface area (Å²) in [6.45, 7) is -0.0775. The summed E-state index contributed by atoms with van der Waals surface area (Å²) in [7, 11) is 0. The van der Waals surface area contributed by atoms with E-state index >= 15 is 0 Å². The third-order valence-electron chi connectivity index (χ3n) is 4.42. The molecule has 130 valence electrons. The number of aromatic nitrogens is 1. The average molecular weight is 346 g/mol. The Morgan fingerprint density at radius 2 is 1.77 bits per heavy atom. The van der Waals surface area contributed by atoms with Gasteiger partial charge in [0.15, 0.2) is 0 Å². The molecule has 5 heteroatoms. The standard InChI is InChI=1S/C21H18N2O3/c24-13-15(12-14-6-2-1-3-7-14)23-20-19-17(10-11-22-20)16-8-4-5-9-18(16)26-21(19)25/h1-11,15,24H,12-13H2,(H,22,23)/t15-/m1/s1. The van der Waals surface area contributed by atoms with Gasteiger partial charge in [0.2, 0.25) is 0 Å². The van der Waals surface area contributed by atoms with Gasteiger partial charge in [-0.25, -0.2) is 9.78 Å². The number of pyridine rings is 1. The van der Waals surface area contributed by atoms with Crippen LogP contribution in [-0.4, -0.2) is 22.7 Å². The van der Waals surface area contributed by atoms with Gasteiger partial charge in [0.1, 0.15) is 16.8 Å². The number of nitrogens with one attached hydrogen (secondary N) is 1. The molecule has 2 aromatic heterocycles. The lowest BCUT2D eigenvalue weighted by Gasteiger charge is -2.18. The topological polar surface area (TPSA) is 75.4 Å². The zero-order valence-corrected chi connectivity index (χ0v) is 14.1. The highest BCUT2D eigenvalue weighted by Crippen LogP contribution is 2.26. The fraction of sp³-hybridized carbons (Fsp3) is 0.143. The second-order valence-electron chi connectivity index (χ2n) is 6.18. The monoisotopic (exact) mass is 346 g/mol. The van der Waals surface area contributed by atoms with Crippen molar-refractivity contribution in [1.29, 1.82) is 0 Å². The number of benzene rings is 2. The first-order valence-corrected chi connectivity index (χ1v) is 8.48. The Bertz CT molecular complexity index is 1110. The lowest BCUT2D eigenvalue weighted by atomic mass is 10.1. The second kappa shape index (κ2) is 6.98. The molecule has 0 bridgehead atoms. The highest BCUT2D eigenvalue weighted by Gasteiger charge is 2.15. The number of nitrogens with zero attached hydrogens (tertiary/aromatic N) is 1. The SMILES string of the molecule is O=c1oc2ccccc2c2ccnc(N[C@@H](CO)Cc3ccccc3)c12. The molecule has 0 radical (unpaired) electrons. The fourth-order valence-electron chi connectivity index (χ4n) is 3.18. The van der Waals surface area contributed by atoms with Gasteiger partial charge in [-0.05, 0) is 24.1 Å². The fourth-order valence-corrected chi connectivity index (χ4v) is 3.18. The molecular formula is C21H18N2O3. The lowest BCUT2D eigenvalue weighted by molar-refractivity contribution is 0.273. The molecule has 0 saturated carbocycles. The van der Waals surface area contributed by atoms with Crippen LogP contribution in [0.2, 0.25) is 0 Å². The minimum atomic E-state index is -0.439. The van der Waals surface area contributed by atoms with Crippen molar-refractivity contribution in [2.75, 3.05) is 11.9 Å². The summed E-state index contributed by atoms with van der Waals surface area (Å²) in [4.78, 5) is 16.9.